The Balaban J connectivity index is 2.41. The maximum absolute atomic E-state index is 13.4. The molecular formula is C60H119N3O4. The lowest BCUT2D eigenvalue weighted by Gasteiger charge is -2.30. The number of hydrogen-bond acceptors (Lipinski definition) is 5. The van der Waals surface area contributed by atoms with Crippen LogP contribution in [0.15, 0.2) is 0 Å². The molecule has 0 radical (unpaired) electrons. The van der Waals surface area contributed by atoms with Crippen LogP contribution in [0.25, 0.3) is 0 Å². The highest BCUT2D eigenvalue weighted by Gasteiger charge is 2.31. The van der Waals surface area contributed by atoms with Crippen molar-refractivity contribution in [3.8, 4) is 0 Å². The van der Waals surface area contributed by atoms with Crippen molar-refractivity contribution in [2.45, 2.75) is 322 Å². The van der Waals surface area contributed by atoms with Crippen LogP contribution < -0.4 is 0 Å². The second-order valence-electron chi connectivity index (χ2n) is 21.4. The molecule has 0 spiro atoms. The largest absolute Gasteiger partial charge is 0.389 e. The van der Waals surface area contributed by atoms with Crippen molar-refractivity contribution in [1.82, 2.24) is 14.7 Å². The van der Waals surface area contributed by atoms with Gasteiger partial charge >= 0.3 is 0 Å². The fraction of sp³-hybridized carbons (Fsp3) is 0.967. The number of carbonyl (C=O) groups is 2. The molecule has 2 atom stereocenters. The maximum Gasteiger partial charge on any atom is 0.222 e. The minimum absolute atomic E-state index is 0.108. The van der Waals surface area contributed by atoms with Crippen LogP contribution in [-0.2, 0) is 14.3 Å². The average molecular weight is 947 g/mol. The molecule has 67 heavy (non-hydrogen) atoms. The zero-order valence-corrected chi connectivity index (χ0v) is 45.9. The lowest BCUT2D eigenvalue weighted by Crippen LogP contribution is -2.44. The molecule has 1 rings (SSSR count). The van der Waals surface area contributed by atoms with Gasteiger partial charge in [-0.1, -0.05) is 246 Å². The number of rotatable bonds is 53. The van der Waals surface area contributed by atoms with Crippen LogP contribution in [0.5, 0.6) is 0 Å². The highest BCUT2D eigenvalue weighted by Crippen LogP contribution is 2.19. The summed E-state index contributed by atoms with van der Waals surface area (Å²) >= 11 is 0. The second-order valence-corrected chi connectivity index (χ2v) is 21.4. The summed E-state index contributed by atoms with van der Waals surface area (Å²) in [5, 5.41) is 10.7. The number of unbranched alkanes of at least 4 members (excludes halogenated alkanes) is 36. The van der Waals surface area contributed by atoms with Gasteiger partial charge in [0, 0.05) is 39.0 Å². The van der Waals surface area contributed by atoms with Crippen LogP contribution >= 0.6 is 0 Å². The van der Waals surface area contributed by atoms with E-state index < -0.39 is 6.10 Å². The minimum atomic E-state index is -0.393. The Labute approximate surface area is 419 Å². The van der Waals surface area contributed by atoms with Gasteiger partial charge in [-0.2, -0.15) is 0 Å². The summed E-state index contributed by atoms with van der Waals surface area (Å²) in [6, 6.07) is 0.108. The van der Waals surface area contributed by atoms with E-state index in [1.807, 2.05) is 0 Å². The third-order valence-electron chi connectivity index (χ3n) is 15.0. The highest BCUT2D eigenvalue weighted by molar-refractivity contribution is 5.76. The molecule has 0 saturated carbocycles. The van der Waals surface area contributed by atoms with Crippen molar-refractivity contribution in [2.75, 3.05) is 52.5 Å². The monoisotopic (exact) mass is 946 g/mol. The standard InChI is InChI=1S/C60H119N3O4/c1-5-9-13-17-21-25-33-43-51-62(52-44-34-26-22-18-14-10-6-2)59(65)47-39-31-29-37-41-49-61(57-55-67-56-58(57)64)50-42-38-30-32-40-48-60(66)63(53-45-35-27-23-19-15-11-7-3)54-46-36-28-24-20-16-12-8-4/h57-58,64H,5-56H2,1-4H3/t57-,58-/m0/s1. The number of aliphatic hydroxyl groups excluding tert-OH is 1. The molecular weight excluding hydrogens is 827 g/mol. The maximum atomic E-state index is 13.4. The van der Waals surface area contributed by atoms with Gasteiger partial charge in [0.15, 0.2) is 0 Å². The number of nitrogens with zero attached hydrogens (tertiary/aromatic N) is 3. The number of hydrogen-bond donors (Lipinski definition) is 1. The second kappa shape index (κ2) is 49.8. The van der Waals surface area contributed by atoms with E-state index in [9.17, 15) is 14.7 Å². The Morgan fingerprint density at radius 1 is 0.343 bits per heavy atom. The molecule has 7 heteroatoms. The van der Waals surface area contributed by atoms with Crippen LogP contribution in [0.3, 0.4) is 0 Å². The van der Waals surface area contributed by atoms with Gasteiger partial charge in [0.2, 0.25) is 11.8 Å². The Bertz CT molecular complexity index is 933. The third kappa shape index (κ3) is 39.2. The topological polar surface area (TPSA) is 73.3 Å². The number of aliphatic hydroxyl groups is 1. The van der Waals surface area contributed by atoms with Crippen molar-refractivity contribution in [3.05, 3.63) is 0 Å². The summed E-state index contributed by atoms with van der Waals surface area (Å²) in [5.74, 6) is 0.785. The van der Waals surface area contributed by atoms with Gasteiger partial charge in [0.1, 0.15) is 0 Å². The van der Waals surface area contributed by atoms with Crippen molar-refractivity contribution in [2.24, 2.45) is 0 Å². The summed E-state index contributed by atoms with van der Waals surface area (Å²) < 4.78 is 5.71. The summed E-state index contributed by atoms with van der Waals surface area (Å²) in [6.45, 7) is 16.1. The van der Waals surface area contributed by atoms with Crippen LogP contribution in [0.2, 0.25) is 0 Å². The molecule has 0 aromatic rings. The van der Waals surface area contributed by atoms with Gasteiger partial charge < -0.3 is 19.6 Å². The molecule has 2 amide bonds. The molecule has 1 saturated heterocycles. The van der Waals surface area contributed by atoms with Crippen molar-refractivity contribution >= 4 is 11.8 Å². The molecule has 0 aliphatic carbocycles. The van der Waals surface area contributed by atoms with Crippen molar-refractivity contribution in [1.29, 1.82) is 0 Å². The quantitative estimate of drug-likeness (QED) is 0.0615. The van der Waals surface area contributed by atoms with Gasteiger partial charge in [0.25, 0.3) is 0 Å². The Hall–Kier alpha value is -1.18. The first-order chi connectivity index (χ1) is 33.0. The molecule has 0 aromatic carbocycles. The van der Waals surface area contributed by atoms with E-state index in [0.717, 1.165) is 103 Å². The van der Waals surface area contributed by atoms with Crippen LogP contribution in [0.1, 0.15) is 310 Å². The molecule has 1 N–H and O–H groups in total. The Morgan fingerprint density at radius 2 is 0.582 bits per heavy atom. The first-order valence-corrected chi connectivity index (χ1v) is 30.5. The first-order valence-electron chi connectivity index (χ1n) is 30.5. The predicted molar refractivity (Wildman–Crippen MR) is 291 cm³/mol. The molecule has 7 nitrogen and oxygen atoms in total. The predicted octanol–water partition coefficient (Wildman–Crippen LogP) is 16.9. The summed E-state index contributed by atoms with van der Waals surface area (Å²) in [5.41, 5.74) is 0. The lowest BCUT2D eigenvalue weighted by atomic mass is 10.1. The van der Waals surface area contributed by atoms with Crippen LogP contribution in [-0.4, -0.2) is 96.2 Å². The van der Waals surface area contributed by atoms with Crippen molar-refractivity contribution in [3.63, 3.8) is 0 Å². The summed E-state index contributed by atoms with van der Waals surface area (Å²) in [4.78, 5) is 33.9. The number of carbonyl (C=O) groups excluding carboxylic acids is 2. The van der Waals surface area contributed by atoms with Crippen LogP contribution in [0.4, 0.5) is 0 Å². The SMILES string of the molecule is CCCCCCCCCCN(CCCCCCCCCC)C(=O)CCCCCCCN(CCCCCCCC(=O)N(CCCCCCCCCC)CCCCCCCCCC)[C@H]1COC[C@@H]1O. The Kier molecular flexibility index (Phi) is 47.4. The molecule has 1 heterocycles. The number of amides is 2. The zero-order valence-electron chi connectivity index (χ0n) is 45.9. The van der Waals surface area contributed by atoms with Crippen molar-refractivity contribution < 1.29 is 19.4 Å². The van der Waals surface area contributed by atoms with E-state index in [1.165, 1.54) is 205 Å². The van der Waals surface area contributed by atoms with Gasteiger partial charge in [-0.15, -0.1) is 0 Å². The smallest absolute Gasteiger partial charge is 0.222 e. The average Bonchev–Trinajstić information content (AvgIpc) is 3.77. The van der Waals surface area contributed by atoms with Gasteiger partial charge in [-0.3, -0.25) is 14.5 Å². The van der Waals surface area contributed by atoms with E-state index in [2.05, 4.69) is 42.4 Å². The number of ether oxygens (including phenoxy) is 1. The molecule has 0 unspecified atom stereocenters. The first kappa shape index (κ1) is 63.8. The zero-order chi connectivity index (χ0) is 48.5. The van der Waals surface area contributed by atoms with Crippen LogP contribution in [0, 0.1) is 0 Å². The molecule has 1 aliphatic rings. The fourth-order valence-corrected chi connectivity index (χ4v) is 10.4. The van der Waals surface area contributed by atoms with E-state index in [1.54, 1.807) is 0 Å². The fourth-order valence-electron chi connectivity index (χ4n) is 10.4. The van der Waals surface area contributed by atoms with Gasteiger partial charge in [-0.25, -0.2) is 0 Å². The Morgan fingerprint density at radius 3 is 0.836 bits per heavy atom. The van der Waals surface area contributed by atoms with E-state index in [-0.39, 0.29) is 6.04 Å². The summed E-state index contributed by atoms with van der Waals surface area (Å²) in [7, 11) is 0. The lowest BCUT2D eigenvalue weighted by molar-refractivity contribution is -0.132. The van der Waals surface area contributed by atoms with Gasteiger partial charge in [0.05, 0.1) is 25.4 Å². The molecule has 0 aromatic heterocycles. The normalized spacial score (nSPS) is 15.0. The molecule has 0 bridgehead atoms. The highest BCUT2D eigenvalue weighted by atomic mass is 16.5. The molecule has 1 aliphatic heterocycles. The van der Waals surface area contributed by atoms with E-state index in [0.29, 0.717) is 37.9 Å². The van der Waals surface area contributed by atoms with E-state index in [4.69, 9.17) is 4.74 Å². The summed E-state index contributed by atoms with van der Waals surface area (Å²) in [6.07, 6.45) is 54.2. The molecule has 1 fully saturated rings. The van der Waals surface area contributed by atoms with Gasteiger partial charge in [-0.05, 0) is 64.5 Å². The third-order valence-corrected chi connectivity index (χ3v) is 15.0. The molecule has 398 valence electrons. The minimum Gasteiger partial charge on any atom is -0.389 e. The van der Waals surface area contributed by atoms with E-state index >= 15 is 0 Å².